The minimum absolute atomic E-state index is 0.00174. The highest BCUT2D eigenvalue weighted by Crippen LogP contribution is 2.28. The molecule has 2 aromatic carbocycles. The Morgan fingerprint density at radius 2 is 1.97 bits per heavy atom. The second-order valence-corrected chi connectivity index (χ2v) is 6.78. The normalized spacial score (nSPS) is 11.8. The maximum absolute atomic E-state index is 13.8. The molecule has 0 aliphatic rings. The number of rotatable bonds is 8. The molecule has 1 unspecified atom stereocenters. The molecule has 0 radical (unpaired) electrons. The molecule has 29 heavy (non-hydrogen) atoms. The minimum atomic E-state index is -1.11. The van der Waals surface area contributed by atoms with Crippen molar-refractivity contribution < 1.29 is 28.2 Å². The molecule has 2 rings (SSSR count). The van der Waals surface area contributed by atoms with Crippen LogP contribution in [0.15, 0.2) is 46.9 Å². The lowest BCUT2D eigenvalue weighted by Crippen LogP contribution is -2.29. The lowest BCUT2D eigenvalue weighted by atomic mass is 10.2. The Morgan fingerprint density at radius 1 is 1.21 bits per heavy atom. The van der Waals surface area contributed by atoms with Gasteiger partial charge in [-0.2, -0.15) is 0 Å². The van der Waals surface area contributed by atoms with Gasteiger partial charge in [0.25, 0.3) is 5.91 Å². The van der Waals surface area contributed by atoms with Gasteiger partial charge in [-0.3, -0.25) is 4.79 Å². The van der Waals surface area contributed by atoms with Crippen LogP contribution in [-0.2, 0) is 14.3 Å². The third-order valence-corrected chi connectivity index (χ3v) is 4.24. The number of carbonyl (C=O) groups excluding carboxylic acids is 2. The Morgan fingerprint density at radius 3 is 2.62 bits per heavy atom. The fraction of sp³-hybridized carbons (Fsp3) is 0.238. The molecule has 1 N–H and O–H groups in total. The van der Waals surface area contributed by atoms with E-state index in [-0.39, 0.29) is 5.69 Å². The van der Waals surface area contributed by atoms with Crippen molar-refractivity contribution in [2.75, 3.05) is 19.0 Å². The van der Waals surface area contributed by atoms with Gasteiger partial charge in [-0.1, -0.05) is 22.0 Å². The van der Waals surface area contributed by atoms with Gasteiger partial charge in [0.2, 0.25) is 0 Å². The van der Waals surface area contributed by atoms with Crippen LogP contribution in [0.1, 0.15) is 19.4 Å². The van der Waals surface area contributed by atoms with Gasteiger partial charge in [0.05, 0.1) is 19.4 Å². The monoisotopic (exact) mass is 465 g/mol. The van der Waals surface area contributed by atoms with Gasteiger partial charge in [-0.05, 0) is 55.8 Å². The van der Waals surface area contributed by atoms with Gasteiger partial charge in [-0.15, -0.1) is 0 Å². The summed E-state index contributed by atoms with van der Waals surface area (Å²) < 4.78 is 30.1. The predicted molar refractivity (Wildman–Crippen MR) is 111 cm³/mol. The number of halogens is 2. The van der Waals surface area contributed by atoms with Crippen molar-refractivity contribution in [2.24, 2.45) is 0 Å². The van der Waals surface area contributed by atoms with Crippen LogP contribution in [0, 0.1) is 5.82 Å². The highest BCUT2D eigenvalue weighted by atomic mass is 79.9. The van der Waals surface area contributed by atoms with Crippen molar-refractivity contribution in [3.63, 3.8) is 0 Å². The van der Waals surface area contributed by atoms with Gasteiger partial charge >= 0.3 is 5.97 Å². The zero-order valence-electron chi connectivity index (χ0n) is 16.2. The maximum Gasteiger partial charge on any atom is 0.331 e. The number of nitrogens with one attached hydrogen (secondary N) is 1. The number of carbonyl (C=O) groups is 2. The van der Waals surface area contributed by atoms with E-state index in [1.54, 1.807) is 24.3 Å². The predicted octanol–water partition coefficient (Wildman–Crippen LogP) is 4.58. The number of methoxy groups -OCH3 is 1. The van der Waals surface area contributed by atoms with E-state index < -0.39 is 23.8 Å². The lowest BCUT2D eigenvalue weighted by molar-refractivity contribution is -0.148. The van der Waals surface area contributed by atoms with Crippen molar-refractivity contribution >= 4 is 39.6 Å². The van der Waals surface area contributed by atoms with Crippen LogP contribution in [0.25, 0.3) is 6.08 Å². The highest BCUT2D eigenvalue weighted by molar-refractivity contribution is 9.10. The van der Waals surface area contributed by atoms with E-state index in [9.17, 15) is 14.0 Å². The highest BCUT2D eigenvalue weighted by Gasteiger charge is 2.18. The molecule has 0 bridgehead atoms. The minimum Gasteiger partial charge on any atom is -0.493 e. The summed E-state index contributed by atoms with van der Waals surface area (Å²) in [5, 5.41) is 2.38. The van der Waals surface area contributed by atoms with E-state index in [0.29, 0.717) is 28.1 Å². The Balaban J connectivity index is 1.96. The molecule has 154 valence electrons. The van der Waals surface area contributed by atoms with Gasteiger partial charge in [0.15, 0.2) is 17.6 Å². The molecule has 0 saturated heterocycles. The third kappa shape index (κ3) is 6.60. The SMILES string of the molecule is CCOc1ccc(/C=C/C(=O)OC(C)C(=O)Nc2ccc(Br)cc2F)cc1OC. The van der Waals surface area contributed by atoms with Gasteiger partial charge in [0.1, 0.15) is 5.82 Å². The third-order valence-electron chi connectivity index (χ3n) is 3.75. The first-order valence-corrected chi connectivity index (χ1v) is 9.58. The summed E-state index contributed by atoms with van der Waals surface area (Å²) in [6.07, 6.45) is 1.61. The van der Waals surface area contributed by atoms with E-state index in [1.807, 2.05) is 6.92 Å². The number of hydrogen-bond acceptors (Lipinski definition) is 5. The van der Waals surface area contributed by atoms with Crippen LogP contribution < -0.4 is 14.8 Å². The van der Waals surface area contributed by atoms with E-state index in [1.165, 1.54) is 38.3 Å². The lowest BCUT2D eigenvalue weighted by Gasteiger charge is -2.13. The van der Waals surface area contributed by atoms with Gasteiger partial charge < -0.3 is 19.5 Å². The number of hydrogen-bond donors (Lipinski definition) is 1. The second-order valence-electron chi connectivity index (χ2n) is 5.87. The van der Waals surface area contributed by atoms with Crippen molar-refractivity contribution in [3.8, 4) is 11.5 Å². The van der Waals surface area contributed by atoms with Crippen LogP contribution in [-0.4, -0.2) is 31.7 Å². The first-order valence-electron chi connectivity index (χ1n) is 8.79. The summed E-state index contributed by atoms with van der Waals surface area (Å²) in [6, 6.07) is 9.41. The number of ether oxygens (including phenoxy) is 3. The number of amides is 1. The number of benzene rings is 2. The number of esters is 1. The first kappa shape index (κ1) is 22.4. The molecule has 0 aliphatic carbocycles. The van der Waals surface area contributed by atoms with Crippen molar-refractivity contribution in [3.05, 3.63) is 58.3 Å². The van der Waals surface area contributed by atoms with Crippen molar-refractivity contribution in [2.45, 2.75) is 20.0 Å². The average Bonchev–Trinajstić information content (AvgIpc) is 2.69. The van der Waals surface area contributed by atoms with Crippen LogP contribution in [0.5, 0.6) is 11.5 Å². The molecule has 0 spiro atoms. The molecular formula is C21H21BrFNO5. The molecular weight excluding hydrogens is 445 g/mol. The smallest absolute Gasteiger partial charge is 0.331 e. The second kappa shape index (κ2) is 10.6. The largest absolute Gasteiger partial charge is 0.493 e. The van der Waals surface area contributed by atoms with E-state index in [4.69, 9.17) is 14.2 Å². The van der Waals surface area contributed by atoms with Crippen LogP contribution in [0.3, 0.4) is 0 Å². The topological polar surface area (TPSA) is 73.9 Å². The van der Waals surface area contributed by atoms with Crippen LogP contribution in [0.4, 0.5) is 10.1 Å². The maximum atomic E-state index is 13.8. The van der Waals surface area contributed by atoms with E-state index >= 15 is 0 Å². The molecule has 8 heteroatoms. The molecule has 2 aromatic rings. The summed E-state index contributed by atoms with van der Waals surface area (Å²) in [6.45, 7) is 3.77. The van der Waals surface area contributed by atoms with Gasteiger partial charge in [0, 0.05) is 10.5 Å². The fourth-order valence-corrected chi connectivity index (χ4v) is 2.65. The molecule has 6 nitrogen and oxygen atoms in total. The van der Waals surface area contributed by atoms with Crippen LogP contribution >= 0.6 is 15.9 Å². The quantitative estimate of drug-likeness (QED) is 0.456. The Hall–Kier alpha value is -2.87. The fourth-order valence-electron chi connectivity index (χ4n) is 2.32. The zero-order valence-corrected chi connectivity index (χ0v) is 17.8. The summed E-state index contributed by atoms with van der Waals surface area (Å²) in [5.74, 6) is -0.824. The van der Waals surface area contributed by atoms with E-state index in [0.717, 1.165) is 0 Å². The summed E-state index contributed by atoms with van der Waals surface area (Å²) in [4.78, 5) is 24.1. The zero-order chi connectivity index (χ0) is 21.4. The molecule has 0 heterocycles. The summed E-state index contributed by atoms with van der Waals surface area (Å²) in [5.41, 5.74) is 0.689. The van der Waals surface area contributed by atoms with Crippen molar-refractivity contribution in [1.82, 2.24) is 0 Å². The Bertz CT molecular complexity index is 916. The molecule has 0 saturated carbocycles. The first-order chi connectivity index (χ1) is 13.8. The molecule has 1 amide bonds. The standard InChI is InChI=1S/C21H21BrFNO5/c1-4-28-18-9-5-14(11-19(18)27-3)6-10-20(25)29-13(2)21(26)24-17-8-7-15(22)12-16(17)23/h5-13H,4H2,1-3H3,(H,24,26)/b10-6+. The summed E-state index contributed by atoms with van der Waals surface area (Å²) in [7, 11) is 1.52. The summed E-state index contributed by atoms with van der Waals surface area (Å²) >= 11 is 3.14. The molecule has 0 aliphatic heterocycles. The van der Waals surface area contributed by atoms with Crippen molar-refractivity contribution in [1.29, 1.82) is 0 Å². The molecule has 0 aromatic heterocycles. The molecule has 1 atom stereocenters. The average molecular weight is 466 g/mol. The number of anilines is 1. The van der Waals surface area contributed by atoms with Crippen LogP contribution in [0.2, 0.25) is 0 Å². The van der Waals surface area contributed by atoms with E-state index in [2.05, 4.69) is 21.2 Å². The Kier molecular flexibility index (Phi) is 8.21. The molecule has 0 fully saturated rings. The van der Waals surface area contributed by atoms with Gasteiger partial charge in [-0.25, -0.2) is 9.18 Å². The Labute approximate surface area is 176 Å².